The molecule has 2 aromatic heterocycles. The molecule has 20 heavy (non-hydrogen) atoms. The van der Waals surface area contributed by atoms with Gasteiger partial charge in [-0.05, 0) is 26.0 Å². The molecule has 2 heterocycles. The number of nitrogens with one attached hydrogen (secondary N) is 1. The summed E-state index contributed by atoms with van der Waals surface area (Å²) in [5, 5.41) is 8.55. The fourth-order valence-corrected chi connectivity index (χ4v) is 2.43. The summed E-state index contributed by atoms with van der Waals surface area (Å²) in [7, 11) is 1.88. The molecule has 1 N–H and O–H groups in total. The van der Waals surface area contributed by atoms with E-state index >= 15 is 0 Å². The largest absolute Gasteiger partial charge is 0.373 e. The van der Waals surface area contributed by atoms with Gasteiger partial charge in [0.05, 0.1) is 5.69 Å². The molecule has 1 aromatic carbocycles. The molecule has 4 nitrogen and oxygen atoms in total. The number of fused-ring (bicyclic) bond motifs is 1. The molecule has 102 valence electrons. The Labute approximate surface area is 122 Å². The van der Waals surface area contributed by atoms with E-state index in [1.54, 1.807) is 0 Å². The Bertz CT molecular complexity index is 775. The van der Waals surface area contributed by atoms with E-state index in [0.717, 1.165) is 39.0 Å². The third-order valence-corrected chi connectivity index (χ3v) is 3.57. The summed E-state index contributed by atoms with van der Waals surface area (Å²) in [6, 6.07) is 9.67. The van der Waals surface area contributed by atoms with Crippen LogP contribution in [0.3, 0.4) is 0 Å². The zero-order valence-corrected chi connectivity index (χ0v) is 12.4. The van der Waals surface area contributed by atoms with Gasteiger partial charge in [-0.25, -0.2) is 4.98 Å². The molecule has 3 aromatic rings. The number of aryl methyl sites for hydroxylation is 2. The summed E-state index contributed by atoms with van der Waals surface area (Å²) in [5.41, 5.74) is 4.87. The van der Waals surface area contributed by atoms with Crippen LogP contribution >= 0.6 is 11.6 Å². The lowest BCUT2D eigenvalue weighted by Crippen LogP contribution is -2.02. The van der Waals surface area contributed by atoms with Crippen molar-refractivity contribution in [2.45, 2.75) is 13.8 Å². The van der Waals surface area contributed by atoms with Crippen molar-refractivity contribution in [1.29, 1.82) is 0 Å². The van der Waals surface area contributed by atoms with Gasteiger partial charge in [-0.15, -0.1) is 0 Å². The first-order chi connectivity index (χ1) is 9.60. The van der Waals surface area contributed by atoms with Crippen molar-refractivity contribution < 1.29 is 0 Å². The highest BCUT2D eigenvalue weighted by Crippen LogP contribution is 2.27. The molecule has 5 heteroatoms. The first-order valence-corrected chi connectivity index (χ1v) is 6.78. The van der Waals surface area contributed by atoms with Crippen molar-refractivity contribution in [1.82, 2.24) is 14.6 Å². The Morgan fingerprint density at radius 3 is 2.50 bits per heavy atom. The zero-order valence-electron chi connectivity index (χ0n) is 11.6. The van der Waals surface area contributed by atoms with E-state index in [-0.39, 0.29) is 0 Å². The molecule has 0 saturated heterocycles. The van der Waals surface area contributed by atoms with Crippen LogP contribution < -0.4 is 5.32 Å². The summed E-state index contributed by atoms with van der Waals surface area (Å²) < 4.78 is 1.84. The number of hydrogen-bond donors (Lipinski definition) is 1. The maximum atomic E-state index is 5.94. The molecule has 0 fully saturated rings. The van der Waals surface area contributed by atoms with Crippen molar-refractivity contribution in [3.63, 3.8) is 0 Å². The molecule has 0 bridgehead atoms. The van der Waals surface area contributed by atoms with Crippen LogP contribution in [0.15, 0.2) is 30.3 Å². The molecule has 0 saturated carbocycles. The second-order valence-electron chi connectivity index (χ2n) is 4.75. The van der Waals surface area contributed by atoms with Crippen LogP contribution in [0.1, 0.15) is 11.3 Å². The Morgan fingerprint density at radius 2 is 1.85 bits per heavy atom. The number of aromatic nitrogens is 3. The van der Waals surface area contributed by atoms with Gasteiger partial charge in [0, 0.05) is 35.0 Å². The van der Waals surface area contributed by atoms with Gasteiger partial charge >= 0.3 is 0 Å². The Kier molecular flexibility index (Phi) is 3.10. The summed E-state index contributed by atoms with van der Waals surface area (Å²) in [6.45, 7) is 4.02. The van der Waals surface area contributed by atoms with E-state index < -0.39 is 0 Å². The highest BCUT2D eigenvalue weighted by Gasteiger charge is 2.14. The normalized spacial score (nSPS) is 11.0. The summed E-state index contributed by atoms with van der Waals surface area (Å²) in [6.07, 6.45) is 0. The number of rotatable bonds is 2. The molecular formula is C15H15ClN4. The lowest BCUT2D eigenvalue weighted by Gasteiger charge is -2.04. The molecule has 0 spiro atoms. The van der Waals surface area contributed by atoms with Gasteiger partial charge in [0.25, 0.3) is 0 Å². The minimum absolute atomic E-state index is 0.722. The van der Waals surface area contributed by atoms with Crippen LogP contribution in [0.2, 0.25) is 5.02 Å². The number of benzene rings is 1. The van der Waals surface area contributed by atoms with Gasteiger partial charge in [-0.2, -0.15) is 9.61 Å². The predicted molar refractivity (Wildman–Crippen MR) is 82.5 cm³/mol. The average molecular weight is 287 g/mol. The molecule has 0 aliphatic heterocycles. The topological polar surface area (TPSA) is 42.2 Å². The minimum atomic E-state index is 0.722. The van der Waals surface area contributed by atoms with Crippen molar-refractivity contribution in [3.05, 3.63) is 46.6 Å². The number of nitrogens with zero attached hydrogens (tertiary/aromatic N) is 3. The first kappa shape index (κ1) is 12.9. The standard InChI is InChI=1S/C15H15ClN4/c1-9-8-13(17-3)20-15(18-9)10(2)14(19-20)11-4-6-12(16)7-5-11/h4-8,17H,1-3H3. The average Bonchev–Trinajstić information content (AvgIpc) is 2.77. The second-order valence-corrected chi connectivity index (χ2v) is 5.19. The second kappa shape index (κ2) is 4.80. The molecule has 0 amide bonds. The van der Waals surface area contributed by atoms with E-state index in [4.69, 9.17) is 11.6 Å². The van der Waals surface area contributed by atoms with Crippen molar-refractivity contribution in [2.75, 3.05) is 12.4 Å². The van der Waals surface area contributed by atoms with Crippen LogP contribution in [0.25, 0.3) is 16.9 Å². The van der Waals surface area contributed by atoms with E-state index in [1.807, 2.05) is 55.7 Å². The SMILES string of the molecule is CNc1cc(C)nc2c(C)c(-c3ccc(Cl)cc3)nn12. The van der Waals surface area contributed by atoms with Gasteiger partial charge in [0.15, 0.2) is 5.65 Å². The molecule has 0 aliphatic carbocycles. The van der Waals surface area contributed by atoms with E-state index in [2.05, 4.69) is 15.4 Å². The fraction of sp³-hybridized carbons (Fsp3) is 0.200. The molecule has 0 atom stereocenters. The van der Waals surface area contributed by atoms with E-state index in [9.17, 15) is 0 Å². The summed E-state index contributed by atoms with van der Waals surface area (Å²) in [4.78, 5) is 4.58. The van der Waals surface area contributed by atoms with Crippen LogP contribution in [0, 0.1) is 13.8 Å². The van der Waals surface area contributed by atoms with Crippen molar-refractivity contribution in [2.24, 2.45) is 0 Å². The Balaban J connectivity index is 2.27. The number of anilines is 1. The van der Waals surface area contributed by atoms with Gasteiger partial charge < -0.3 is 5.32 Å². The number of halogens is 1. The first-order valence-electron chi connectivity index (χ1n) is 6.41. The fourth-order valence-electron chi connectivity index (χ4n) is 2.30. The monoisotopic (exact) mass is 286 g/mol. The third kappa shape index (κ3) is 2.02. The minimum Gasteiger partial charge on any atom is -0.373 e. The van der Waals surface area contributed by atoms with Gasteiger partial charge in [-0.1, -0.05) is 23.7 Å². The van der Waals surface area contributed by atoms with Crippen LogP contribution in [0.5, 0.6) is 0 Å². The molecule has 0 aliphatic rings. The Morgan fingerprint density at radius 1 is 1.15 bits per heavy atom. The molecule has 0 unspecified atom stereocenters. The zero-order chi connectivity index (χ0) is 14.3. The predicted octanol–water partition coefficient (Wildman–Crippen LogP) is 3.71. The maximum Gasteiger partial charge on any atom is 0.161 e. The number of hydrogen-bond acceptors (Lipinski definition) is 3. The van der Waals surface area contributed by atoms with Gasteiger partial charge in [0.1, 0.15) is 5.82 Å². The smallest absolute Gasteiger partial charge is 0.161 e. The maximum absolute atomic E-state index is 5.94. The van der Waals surface area contributed by atoms with Crippen molar-refractivity contribution >= 4 is 23.1 Å². The van der Waals surface area contributed by atoms with Crippen molar-refractivity contribution in [3.8, 4) is 11.3 Å². The third-order valence-electron chi connectivity index (χ3n) is 3.32. The van der Waals surface area contributed by atoms with Crippen LogP contribution in [-0.4, -0.2) is 21.6 Å². The van der Waals surface area contributed by atoms with E-state index in [0.29, 0.717) is 0 Å². The van der Waals surface area contributed by atoms with Gasteiger partial charge in [-0.3, -0.25) is 0 Å². The summed E-state index contributed by atoms with van der Waals surface area (Å²) in [5.74, 6) is 0.927. The van der Waals surface area contributed by atoms with Crippen LogP contribution in [-0.2, 0) is 0 Å². The summed E-state index contributed by atoms with van der Waals surface area (Å²) >= 11 is 5.94. The lowest BCUT2D eigenvalue weighted by atomic mass is 10.1. The van der Waals surface area contributed by atoms with Crippen LogP contribution in [0.4, 0.5) is 5.82 Å². The molecule has 3 rings (SSSR count). The quantitative estimate of drug-likeness (QED) is 0.781. The molecular weight excluding hydrogens is 272 g/mol. The lowest BCUT2D eigenvalue weighted by molar-refractivity contribution is 0.937. The Hall–Kier alpha value is -2.07. The highest BCUT2D eigenvalue weighted by molar-refractivity contribution is 6.30. The van der Waals surface area contributed by atoms with E-state index in [1.165, 1.54) is 0 Å². The molecule has 0 radical (unpaired) electrons. The highest BCUT2D eigenvalue weighted by atomic mass is 35.5. The van der Waals surface area contributed by atoms with Gasteiger partial charge in [0.2, 0.25) is 0 Å².